The molecule has 1 heterocycles. The van der Waals surface area contributed by atoms with Crippen molar-refractivity contribution in [3.05, 3.63) is 42.5 Å². The van der Waals surface area contributed by atoms with Gasteiger partial charge in [-0.3, -0.25) is 0 Å². The largest absolute Gasteiger partial charge is 0.478 e. The number of likely N-dealkylation sites (N-methyl/N-ethyl adjacent to an activating group) is 2. The molecule has 2 rings (SSSR count). The number of para-hydroxylation sites is 1. The third-order valence-corrected chi connectivity index (χ3v) is 3.70. The van der Waals surface area contributed by atoms with E-state index in [4.69, 9.17) is 21.8 Å². The smallest absolute Gasteiger partial charge is 0.328 e. The Bertz CT molecular complexity index is 618. The number of carbonyl (C=O) groups is 2. The maximum atomic E-state index is 9.55. The van der Waals surface area contributed by atoms with E-state index in [1.807, 2.05) is 30.3 Å². The molecule has 1 aromatic rings. The topological polar surface area (TPSA) is 93.4 Å². The van der Waals surface area contributed by atoms with Crippen LogP contribution in [0.1, 0.15) is 6.42 Å². The molecule has 0 aliphatic carbocycles. The SMILES string of the molecule is CN1CC(CCCl)N(C)C1=Nc1ccccc1.O=C(O)/C=C/C(=O)O. The van der Waals surface area contributed by atoms with Gasteiger partial charge in [0.05, 0.1) is 11.7 Å². The first-order valence-electron chi connectivity index (χ1n) is 7.62. The lowest BCUT2D eigenvalue weighted by Gasteiger charge is -2.19. The highest BCUT2D eigenvalue weighted by Crippen LogP contribution is 2.19. The Kier molecular flexibility index (Phi) is 8.49. The fourth-order valence-electron chi connectivity index (χ4n) is 2.29. The van der Waals surface area contributed by atoms with Gasteiger partial charge < -0.3 is 20.0 Å². The molecular formula is C17H22ClN3O4. The van der Waals surface area contributed by atoms with Crippen LogP contribution < -0.4 is 0 Å². The average Bonchev–Trinajstić information content (AvgIpc) is 2.83. The second-order valence-corrected chi connectivity index (χ2v) is 5.76. The van der Waals surface area contributed by atoms with E-state index < -0.39 is 11.9 Å². The first-order valence-corrected chi connectivity index (χ1v) is 8.16. The van der Waals surface area contributed by atoms with Crippen LogP contribution in [0.3, 0.4) is 0 Å². The second kappa shape index (κ2) is 10.4. The molecule has 0 saturated carbocycles. The highest BCUT2D eigenvalue weighted by atomic mass is 35.5. The first kappa shape index (κ1) is 20.5. The van der Waals surface area contributed by atoms with E-state index in [1.54, 1.807) is 0 Å². The van der Waals surface area contributed by atoms with Gasteiger partial charge in [0, 0.05) is 38.7 Å². The third-order valence-electron chi connectivity index (χ3n) is 3.49. The Morgan fingerprint density at radius 3 is 2.24 bits per heavy atom. The zero-order valence-corrected chi connectivity index (χ0v) is 14.9. The minimum Gasteiger partial charge on any atom is -0.478 e. The van der Waals surface area contributed by atoms with Crippen LogP contribution in [0.5, 0.6) is 0 Å². The molecule has 7 nitrogen and oxygen atoms in total. The second-order valence-electron chi connectivity index (χ2n) is 5.38. The molecule has 0 spiro atoms. The molecule has 8 heteroatoms. The van der Waals surface area contributed by atoms with Crippen molar-refractivity contribution in [2.24, 2.45) is 4.99 Å². The molecule has 1 aliphatic heterocycles. The minimum absolute atomic E-state index is 0.472. The highest BCUT2D eigenvalue weighted by molar-refractivity contribution is 6.17. The molecule has 1 aromatic carbocycles. The van der Waals surface area contributed by atoms with Crippen LogP contribution in [-0.4, -0.2) is 70.5 Å². The molecule has 136 valence electrons. The quantitative estimate of drug-likeness (QED) is 0.612. The van der Waals surface area contributed by atoms with Crippen molar-refractivity contribution >= 4 is 35.2 Å². The highest BCUT2D eigenvalue weighted by Gasteiger charge is 2.29. The van der Waals surface area contributed by atoms with Crippen molar-refractivity contribution in [1.29, 1.82) is 0 Å². The van der Waals surface area contributed by atoms with E-state index in [1.165, 1.54) is 0 Å². The molecule has 0 amide bonds. The predicted octanol–water partition coefficient (Wildman–Crippen LogP) is 2.26. The van der Waals surface area contributed by atoms with Crippen LogP contribution in [-0.2, 0) is 9.59 Å². The van der Waals surface area contributed by atoms with Crippen LogP contribution >= 0.6 is 11.6 Å². The van der Waals surface area contributed by atoms with Crippen molar-refractivity contribution in [1.82, 2.24) is 9.80 Å². The normalized spacial score (nSPS) is 18.4. The van der Waals surface area contributed by atoms with Crippen LogP contribution in [0.15, 0.2) is 47.5 Å². The molecular weight excluding hydrogens is 346 g/mol. The molecule has 25 heavy (non-hydrogen) atoms. The molecule has 1 unspecified atom stereocenters. The number of alkyl halides is 1. The van der Waals surface area contributed by atoms with Gasteiger partial charge in [0.1, 0.15) is 0 Å². The Morgan fingerprint density at radius 2 is 1.76 bits per heavy atom. The van der Waals surface area contributed by atoms with Crippen molar-refractivity contribution in [3.8, 4) is 0 Å². The Hall–Kier alpha value is -2.54. The number of guanidine groups is 1. The molecule has 1 saturated heterocycles. The lowest BCUT2D eigenvalue weighted by molar-refractivity contribution is -0.134. The predicted molar refractivity (Wildman–Crippen MR) is 97.5 cm³/mol. The van der Waals surface area contributed by atoms with Gasteiger partial charge in [-0.2, -0.15) is 0 Å². The number of hydrogen-bond donors (Lipinski definition) is 2. The summed E-state index contributed by atoms with van der Waals surface area (Å²) < 4.78 is 0. The lowest BCUT2D eigenvalue weighted by atomic mass is 10.2. The lowest BCUT2D eigenvalue weighted by Crippen LogP contribution is -2.31. The number of benzene rings is 1. The summed E-state index contributed by atoms with van der Waals surface area (Å²) in [7, 11) is 4.16. The van der Waals surface area contributed by atoms with Gasteiger partial charge in [0.15, 0.2) is 0 Å². The summed E-state index contributed by atoms with van der Waals surface area (Å²) in [5.41, 5.74) is 0.993. The molecule has 1 fully saturated rings. The number of rotatable bonds is 5. The van der Waals surface area contributed by atoms with Gasteiger partial charge in [-0.1, -0.05) is 18.2 Å². The van der Waals surface area contributed by atoms with Gasteiger partial charge in [-0.05, 0) is 18.6 Å². The van der Waals surface area contributed by atoms with Gasteiger partial charge in [-0.15, -0.1) is 11.6 Å². The van der Waals surface area contributed by atoms with E-state index in [0.29, 0.717) is 24.1 Å². The summed E-state index contributed by atoms with van der Waals surface area (Å²) in [4.78, 5) is 28.2. The monoisotopic (exact) mass is 367 g/mol. The average molecular weight is 368 g/mol. The van der Waals surface area contributed by atoms with Crippen molar-refractivity contribution in [3.63, 3.8) is 0 Å². The first-order chi connectivity index (χ1) is 11.8. The van der Waals surface area contributed by atoms with E-state index >= 15 is 0 Å². The Morgan fingerprint density at radius 1 is 1.20 bits per heavy atom. The zero-order valence-electron chi connectivity index (χ0n) is 14.2. The fraction of sp³-hybridized carbons (Fsp3) is 0.353. The van der Waals surface area contributed by atoms with Crippen LogP contribution in [0.25, 0.3) is 0 Å². The van der Waals surface area contributed by atoms with Gasteiger partial charge >= 0.3 is 11.9 Å². The number of aliphatic imine (C=N–C) groups is 1. The number of hydrogen-bond acceptors (Lipinski definition) is 3. The summed E-state index contributed by atoms with van der Waals surface area (Å²) >= 11 is 5.82. The van der Waals surface area contributed by atoms with E-state index in [0.717, 1.165) is 24.6 Å². The zero-order chi connectivity index (χ0) is 18.8. The van der Waals surface area contributed by atoms with Gasteiger partial charge in [0.25, 0.3) is 0 Å². The van der Waals surface area contributed by atoms with Crippen LogP contribution in [0, 0.1) is 0 Å². The number of carboxylic acid groups (broad SMARTS) is 2. The maximum Gasteiger partial charge on any atom is 0.328 e. The summed E-state index contributed by atoms with van der Waals surface area (Å²) in [6.07, 6.45) is 2.11. The van der Waals surface area contributed by atoms with Crippen LogP contribution in [0.2, 0.25) is 0 Å². The third kappa shape index (κ3) is 7.26. The summed E-state index contributed by atoms with van der Waals surface area (Å²) in [5, 5.41) is 15.6. The Balaban J connectivity index is 0.000000333. The fourth-order valence-corrected chi connectivity index (χ4v) is 2.54. The van der Waals surface area contributed by atoms with E-state index in [-0.39, 0.29) is 0 Å². The van der Waals surface area contributed by atoms with Gasteiger partial charge in [-0.25, -0.2) is 14.6 Å². The van der Waals surface area contributed by atoms with Crippen molar-refractivity contribution in [2.45, 2.75) is 12.5 Å². The molecule has 0 bridgehead atoms. The summed E-state index contributed by atoms with van der Waals surface area (Å²) in [6.45, 7) is 0.995. The maximum absolute atomic E-state index is 9.55. The van der Waals surface area contributed by atoms with Crippen LogP contribution in [0.4, 0.5) is 5.69 Å². The van der Waals surface area contributed by atoms with E-state index in [2.05, 4.69) is 28.9 Å². The number of halogens is 1. The molecule has 2 N–H and O–H groups in total. The molecule has 1 aliphatic rings. The summed E-state index contributed by atoms with van der Waals surface area (Å²) in [6, 6.07) is 10.5. The summed E-state index contributed by atoms with van der Waals surface area (Å²) in [5.74, 6) is -0.798. The minimum atomic E-state index is -1.26. The molecule has 0 radical (unpaired) electrons. The number of aliphatic carboxylic acids is 2. The van der Waals surface area contributed by atoms with Crippen molar-refractivity contribution in [2.75, 3.05) is 26.5 Å². The van der Waals surface area contributed by atoms with E-state index in [9.17, 15) is 9.59 Å². The molecule has 0 aromatic heterocycles. The van der Waals surface area contributed by atoms with Gasteiger partial charge in [0.2, 0.25) is 5.96 Å². The Labute approximate surface area is 151 Å². The number of carboxylic acids is 2. The molecule has 1 atom stereocenters. The number of nitrogens with zero attached hydrogens (tertiary/aromatic N) is 3. The van der Waals surface area contributed by atoms with Crippen molar-refractivity contribution < 1.29 is 19.8 Å². The standard InChI is InChI=1S/C13H18ClN3.C4H4O4/c1-16-10-12(8-9-14)17(2)13(16)15-11-6-4-3-5-7-11;5-3(6)1-2-4(7)8/h3-7,12H,8-10H2,1-2H3;1-2H,(H,5,6)(H,7,8)/b;2-1+.